The standard InChI is InChI=1S/C17H25N/c1-5-7-8-9-17(18-6-2)13-16-12-14(3)10-11-15(16)4/h10-12,17-18H,6,8-9,13H2,1-4H3. The number of rotatable bonds is 6. The quantitative estimate of drug-likeness (QED) is 0.752. The molecule has 0 aliphatic carbocycles. The summed E-state index contributed by atoms with van der Waals surface area (Å²) in [6.45, 7) is 9.46. The lowest BCUT2D eigenvalue weighted by Crippen LogP contribution is -2.31. The maximum Gasteiger partial charge on any atom is 0.0116 e. The SMILES string of the molecule is CC#CCCC(Cc1cc(C)ccc1C)NCC. The molecule has 1 unspecified atom stereocenters. The Morgan fingerprint density at radius 2 is 2.06 bits per heavy atom. The third-order valence-corrected chi connectivity index (χ3v) is 3.26. The van der Waals surface area contributed by atoms with Crippen molar-refractivity contribution >= 4 is 0 Å². The molecular weight excluding hydrogens is 218 g/mol. The van der Waals surface area contributed by atoms with Gasteiger partial charge in [-0.05, 0) is 51.3 Å². The second-order valence-corrected chi connectivity index (χ2v) is 4.85. The van der Waals surface area contributed by atoms with E-state index in [2.05, 4.69) is 56.1 Å². The van der Waals surface area contributed by atoms with Crippen LogP contribution in [0.1, 0.15) is 43.4 Å². The van der Waals surface area contributed by atoms with Crippen molar-refractivity contribution in [2.75, 3.05) is 6.54 Å². The van der Waals surface area contributed by atoms with Gasteiger partial charge in [-0.2, -0.15) is 0 Å². The van der Waals surface area contributed by atoms with Crippen LogP contribution < -0.4 is 5.32 Å². The van der Waals surface area contributed by atoms with Crippen LogP contribution in [0.15, 0.2) is 18.2 Å². The van der Waals surface area contributed by atoms with Crippen molar-refractivity contribution in [3.63, 3.8) is 0 Å². The molecule has 1 atom stereocenters. The Morgan fingerprint density at radius 3 is 2.72 bits per heavy atom. The Labute approximate surface area is 112 Å². The maximum absolute atomic E-state index is 3.57. The van der Waals surface area contributed by atoms with Crippen LogP contribution >= 0.6 is 0 Å². The molecular formula is C17H25N. The van der Waals surface area contributed by atoms with Gasteiger partial charge in [0.25, 0.3) is 0 Å². The largest absolute Gasteiger partial charge is 0.314 e. The van der Waals surface area contributed by atoms with Gasteiger partial charge in [-0.25, -0.2) is 0 Å². The average molecular weight is 243 g/mol. The van der Waals surface area contributed by atoms with Crippen LogP contribution in [0.3, 0.4) is 0 Å². The lowest BCUT2D eigenvalue weighted by Gasteiger charge is -2.18. The molecule has 0 radical (unpaired) electrons. The van der Waals surface area contributed by atoms with E-state index < -0.39 is 0 Å². The van der Waals surface area contributed by atoms with Gasteiger partial charge in [0.05, 0.1) is 0 Å². The third kappa shape index (κ3) is 4.94. The molecule has 1 aromatic rings. The van der Waals surface area contributed by atoms with E-state index in [1.165, 1.54) is 16.7 Å². The van der Waals surface area contributed by atoms with Crippen LogP contribution in [-0.2, 0) is 6.42 Å². The van der Waals surface area contributed by atoms with Crippen LogP contribution in [0.25, 0.3) is 0 Å². The zero-order chi connectivity index (χ0) is 13.4. The van der Waals surface area contributed by atoms with Gasteiger partial charge in [0.2, 0.25) is 0 Å². The van der Waals surface area contributed by atoms with Crippen molar-refractivity contribution in [1.82, 2.24) is 5.32 Å². The second kappa shape index (κ2) is 7.95. The molecule has 18 heavy (non-hydrogen) atoms. The molecule has 0 saturated heterocycles. The summed E-state index contributed by atoms with van der Waals surface area (Å²) in [5.41, 5.74) is 4.20. The lowest BCUT2D eigenvalue weighted by atomic mass is 9.96. The van der Waals surface area contributed by atoms with E-state index in [1.54, 1.807) is 0 Å². The zero-order valence-electron chi connectivity index (χ0n) is 12.1. The van der Waals surface area contributed by atoms with Crippen LogP contribution in [0.5, 0.6) is 0 Å². The molecule has 1 rings (SSSR count). The van der Waals surface area contributed by atoms with Crippen molar-refractivity contribution in [3.8, 4) is 11.8 Å². The second-order valence-electron chi connectivity index (χ2n) is 4.85. The van der Waals surface area contributed by atoms with Gasteiger partial charge in [0, 0.05) is 12.5 Å². The highest BCUT2D eigenvalue weighted by Gasteiger charge is 2.09. The number of likely N-dealkylation sites (N-methyl/N-ethyl adjacent to an activating group) is 1. The van der Waals surface area contributed by atoms with E-state index in [9.17, 15) is 0 Å². The molecule has 1 aromatic carbocycles. The summed E-state index contributed by atoms with van der Waals surface area (Å²) in [6, 6.07) is 7.25. The number of benzene rings is 1. The zero-order valence-corrected chi connectivity index (χ0v) is 12.1. The molecule has 1 N–H and O–H groups in total. The number of hydrogen-bond donors (Lipinski definition) is 1. The average Bonchev–Trinajstić information content (AvgIpc) is 2.34. The highest BCUT2D eigenvalue weighted by molar-refractivity contribution is 5.31. The molecule has 0 aliphatic heterocycles. The normalized spacial score (nSPS) is 11.8. The van der Waals surface area contributed by atoms with Crippen LogP contribution in [0.2, 0.25) is 0 Å². The van der Waals surface area contributed by atoms with Crippen LogP contribution in [0, 0.1) is 25.7 Å². The molecule has 0 fully saturated rings. The Bertz CT molecular complexity index is 423. The molecule has 0 saturated carbocycles. The smallest absolute Gasteiger partial charge is 0.0116 e. The summed E-state index contributed by atoms with van der Waals surface area (Å²) in [6.07, 6.45) is 3.22. The molecule has 0 bridgehead atoms. The molecule has 0 aliphatic rings. The first kappa shape index (κ1) is 14.8. The number of hydrogen-bond acceptors (Lipinski definition) is 1. The topological polar surface area (TPSA) is 12.0 Å². The van der Waals surface area contributed by atoms with Gasteiger partial charge in [0.1, 0.15) is 0 Å². The van der Waals surface area contributed by atoms with Gasteiger partial charge in [-0.1, -0.05) is 30.7 Å². The van der Waals surface area contributed by atoms with Gasteiger partial charge in [0.15, 0.2) is 0 Å². The molecule has 0 aromatic heterocycles. The first-order valence-corrected chi connectivity index (χ1v) is 6.86. The third-order valence-electron chi connectivity index (χ3n) is 3.26. The highest BCUT2D eigenvalue weighted by Crippen LogP contribution is 2.14. The summed E-state index contributed by atoms with van der Waals surface area (Å²) in [4.78, 5) is 0. The van der Waals surface area contributed by atoms with E-state index in [0.717, 1.165) is 25.8 Å². The van der Waals surface area contributed by atoms with E-state index in [0.29, 0.717) is 6.04 Å². The highest BCUT2D eigenvalue weighted by atomic mass is 14.9. The molecule has 1 nitrogen and oxygen atoms in total. The minimum absolute atomic E-state index is 0.538. The van der Waals surface area contributed by atoms with Gasteiger partial charge < -0.3 is 5.32 Å². The Morgan fingerprint density at radius 1 is 1.28 bits per heavy atom. The van der Waals surface area contributed by atoms with Crippen molar-refractivity contribution in [3.05, 3.63) is 34.9 Å². The Balaban J connectivity index is 2.68. The predicted octanol–water partition coefficient (Wildman–Crippen LogP) is 3.63. The molecule has 0 heterocycles. The van der Waals surface area contributed by atoms with E-state index in [1.807, 2.05) is 6.92 Å². The molecule has 0 amide bonds. The predicted molar refractivity (Wildman–Crippen MR) is 79.8 cm³/mol. The first-order valence-electron chi connectivity index (χ1n) is 6.86. The van der Waals surface area contributed by atoms with Gasteiger partial charge in [-0.3, -0.25) is 0 Å². The maximum atomic E-state index is 3.57. The van der Waals surface area contributed by atoms with Crippen LogP contribution in [-0.4, -0.2) is 12.6 Å². The van der Waals surface area contributed by atoms with Crippen molar-refractivity contribution in [1.29, 1.82) is 0 Å². The van der Waals surface area contributed by atoms with Crippen LogP contribution in [0.4, 0.5) is 0 Å². The summed E-state index contributed by atoms with van der Waals surface area (Å²) < 4.78 is 0. The fourth-order valence-corrected chi connectivity index (χ4v) is 2.22. The minimum Gasteiger partial charge on any atom is -0.314 e. The van der Waals surface area contributed by atoms with E-state index in [-0.39, 0.29) is 0 Å². The number of nitrogens with one attached hydrogen (secondary N) is 1. The molecule has 98 valence electrons. The van der Waals surface area contributed by atoms with Crippen molar-refractivity contribution in [2.24, 2.45) is 0 Å². The monoisotopic (exact) mass is 243 g/mol. The van der Waals surface area contributed by atoms with E-state index in [4.69, 9.17) is 0 Å². The van der Waals surface area contributed by atoms with E-state index >= 15 is 0 Å². The van der Waals surface area contributed by atoms with Crippen molar-refractivity contribution in [2.45, 2.75) is 53.0 Å². The lowest BCUT2D eigenvalue weighted by molar-refractivity contribution is 0.496. The summed E-state index contributed by atoms with van der Waals surface area (Å²) >= 11 is 0. The van der Waals surface area contributed by atoms with Gasteiger partial charge in [-0.15, -0.1) is 11.8 Å². The Hall–Kier alpha value is -1.26. The molecule has 0 spiro atoms. The fourth-order valence-electron chi connectivity index (χ4n) is 2.22. The van der Waals surface area contributed by atoms with Gasteiger partial charge >= 0.3 is 0 Å². The molecule has 1 heteroatoms. The summed E-state index contributed by atoms with van der Waals surface area (Å²) in [5.74, 6) is 6.13. The number of aryl methyl sites for hydroxylation is 2. The summed E-state index contributed by atoms with van der Waals surface area (Å²) in [5, 5.41) is 3.57. The first-order chi connectivity index (χ1) is 8.67. The summed E-state index contributed by atoms with van der Waals surface area (Å²) in [7, 11) is 0. The minimum atomic E-state index is 0.538. The Kier molecular flexibility index (Phi) is 6.54. The fraction of sp³-hybridized carbons (Fsp3) is 0.529. The van der Waals surface area contributed by atoms with Crippen molar-refractivity contribution < 1.29 is 0 Å².